The van der Waals surface area contributed by atoms with Crippen LogP contribution in [-0.2, 0) is 21.8 Å². The fourth-order valence-electron chi connectivity index (χ4n) is 2.45. The van der Waals surface area contributed by atoms with Gasteiger partial charge in [0.05, 0.1) is 0 Å². The number of rotatable bonds is 3. The molecule has 0 radical (unpaired) electrons. The van der Waals surface area contributed by atoms with Crippen LogP contribution in [0.1, 0.15) is 14.3 Å². The fraction of sp³-hybridized carbons (Fsp3) is 0.125. The zero-order valence-corrected chi connectivity index (χ0v) is 12.2. The second-order valence-electron chi connectivity index (χ2n) is 4.39. The van der Waals surface area contributed by atoms with Crippen LogP contribution in [0.2, 0.25) is 0 Å². The summed E-state index contributed by atoms with van der Waals surface area (Å²) in [7, 11) is 0. The molecule has 0 saturated heterocycles. The van der Waals surface area contributed by atoms with Crippen molar-refractivity contribution >= 4 is 3.27 Å². The van der Waals surface area contributed by atoms with Gasteiger partial charge in [0.15, 0.2) is 0 Å². The average Bonchev–Trinajstić information content (AvgIpc) is 3.04. The topological polar surface area (TPSA) is 0 Å². The standard InChI is InChI=1S/C6H5.2C5H5.Zr.H/c1-2-4-6-5-3-1;2*1-2-4-5-3-1;;/h1-5H;2*1-3H,4H2;;/q;;;;-1. The Morgan fingerprint density at radius 3 is 1.88 bits per heavy atom. The van der Waals surface area contributed by atoms with Crippen LogP contribution < -0.4 is 3.27 Å². The molecule has 0 aromatic heterocycles. The molecule has 0 nitrogen and oxygen atoms in total. The van der Waals surface area contributed by atoms with Crippen molar-refractivity contribution in [3.8, 4) is 0 Å². The van der Waals surface area contributed by atoms with Crippen LogP contribution in [0.4, 0.5) is 0 Å². The van der Waals surface area contributed by atoms with Crippen LogP contribution in [0, 0.1) is 0 Å². The SMILES string of the molecule is C1=CC[C]([Zr]([C]2=CC=CC2)[c]2ccccc2)=C1.[H-]. The van der Waals surface area contributed by atoms with Crippen molar-refractivity contribution in [1.82, 2.24) is 0 Å². The molecule has 0 aliphatic heterocycles. The van der Waals surface area contributed by atoms with E-state index in [9.17, 15) is 0 Å². The molecule has 3 rings (SSSR count). The van der Waals surface area contributed by atoms with E-state index in [1.807, 2.05) is 0 Å². The van der Waals surface area contributed by atoms with Crippen molar-refractivity contribution in [2.75, 3.05) is 0 Å². The normalized spacial score (nSPS) is 17.2. The zero-order valence-electron chi connectivity index (χ0n) is 10.8. The van der Waals surface area contributed by atoms with E-state index >= 15 is 0 Å². The molecule has 0 heterocycles. The van der Waals surface area contributed by atoms with Gasteiger partial charge in [0, 0.05) is 0 Å². The Morgan fingerprint density at radius 2 is 1.41 bits per heavy atom. The molecule has 1 aromatic rings. The van der Waals surface area contributed by atoms with Crippen LogP contribution in [0.15, 0.2) is 73.3 Å². The van der Waals surface area contributed by atoms with Crippen molar-refractivity contribution in [2.24, 2.45) is 0 Å². The summed E-state index contributed by atoms with van der Waals surface area (Å²) in [4.78, 5) is 0. The van der Waals surface area contributed by atoms with Crippen molar-refractivity contribution in [3.63, 3.8) is 0 Å². The predicted molar refractivity (Wildman–Crippen MR) is 70.9 cm³/mol. The van der Waals surface area contributed by atoms with E-state index in [-0.39, 0.29) is 1.43 Å². The minimum absolute atomic E-state index is 0. The van der Waals surface area contributed by atoms with Crippen molar-refractivity contribution in [2.45, 2.75) is 12.8 Å². The number of benzene rings is 1. The molecule has 0 atom stereocenters. The third-order valence-electron chi connectivity index (χ3n) is 3.25. The Labute approximate surface area is 112 Å². The number of allylic oxidation sites excluding steroid dienone is 8. The Balaban J connectivity index is 0.00000120. The van der Waals surface area contributed by atoms with Crippen molar-refractivity contribution in [1.29, 1.82) is 0 Å². The molecule has 2 aliphatic rings. The maximum Gasteiger partial charge on any atom is -1.00 e. The maximum absolute atomic E-state index is 2.36. The monoisotopic (exact) mass is 298 g/mol. The molecular formula is C16H16Zr-. The molecule has 2 aliphatic carbocycles. The van der Waals surface area contributed by atoms with Gasteiger partial charge < -0.3 is 1.43 Å². The van der Waals surface area contributed by atoms with Gasteiger partial charge in [0.25, 0.3) is 0 Å². The second-order valence-corrected chi connectivity index (χ2v) is 10.8. The molecule has 0 saturated carbocycles. The van der Waals surface area contributed by atoms with Crippen LogP contribution in [0.3, 0.4) is 0 Å². The van der Waals surface area contributed by atoms with Gasteiger partial charge in [0.1, 0.15) is 0 Å². The largest absolute Gasteiger partial charge is 1.00 e. The molecule has 0 N–H and O–H groups in total. The van der Waals surface area contributed by atoms with Gasteiger partial charge in [-0.3, -0.25) is 0 Å². The van der Waals surface area contributed by atoms with Gasteiger partial charge in [-0.05, 0) is 0 Å². The third kappa shape index (κ3) is 2.35. The zero-order chi connectivity index (χ0) is 11.5. The summed E-state index contributed by atoms with van der Waals surface area (Å²) in [5.74, 6) is 0. The first kappa shape index (κ1) is 11.2. The van der Waals surface area contributed by atoms with E-state index in [0.717, 1.165) is 0 Å². The maximum atomic E-state index is 2.36. The summed E-state index contributed by atoms with van der Waals surface area (Å²) in [5, 5.41) is 0. The summed E-state index contributed by atoms with van der Waals surface area (Å²) in [6.07, 6.45) is 16.1. The first-order chi connectivity index (χ1) is 8.45. The quantitative estimate of drug-likeness (QED) is 0.798. The summed E-state index contributed by atoms with van der Waals surface area (Å²) < 4.78 is 5.04. The van der Waals surface area contributed by atoms with Gasteiger partial charge >= 0.3 is 111 Å². The van der Waals surface area contributed by atoms with Gasteiger partial charge in [-0.25, -0.2) is 0 Å². The first-order valence-corrected chi connectivity index (χ1v) is 9.78. The Hall–Kier alpha value is -0.937. The molecule has 0 fully saturated rings. The predicted octanol–water partition coefficient (Wildman–Crippen LogP) is 3.73. The van der Waals surface area contributed by atoms with E-state index in [1.54, 1.807) is 9.83 Å². The number of hydrogen-bond donors (Lipinski definition) is 0. The fourth-order valence-corrected chi connectivity index (χ4v) is 9.45. The Bertz CT molecular complexity index is 493. The summed E-state index contributed by atoms with van der Waals surface area (Å²) >= 11 is -1.75. The van der Waals surface area contributed by atoms with Crippen LogP contribution >= 0.6 is 0 Å². The van der Waals surface area contributed by atoms with Gasteiger partial charge in [0.2, 0.25) is 0 Å². The Morgan fingerprint density at radius 1 is 0.824 bits per heavy atom. The average molecular weight is 300 g/mol. The summed E-state index contributed by atoms with van der Waals surface area (Å²) in [6.45, 7) is 0. The minimum atomic E-state index is -1.75. The number of hydrogen-bond acceptors (Lipinski definition) is 0. The van der Waals surface area contributed by atoms with Crippen molar-refractivity contribution < 1.29 is 23.2 Å². The van der Waals surface area contributed by atoms with E-state index < -0.39 is 21.8 Å². The Kier molecular flexibility index (Phi) is 3.38. The summed E-state index contributed by atoms with van der Waals surface area (Å²) in [5.41, 5.74) is 0. The molecule has 17 heavy (non-hydrogen) atoms. The van der Waals surface area contributed by atoms with E-state index in [2.05, 4.69) is 66.8 Å². The van der Waals surface area contributed by atoms with E-state index in [0.29, 0.717) is 0 Å². The molecule has 1 aromatic carbocycles. The minimum Gasteiger partial charge on any atom is -1.00 e. The van der Waals surface area contributed by atoms with E-state index in [1.165, 1.54) is 12.8 Å². The molecule has 0 bridgehead atoms. The second kappa shape index (κ2) is 5.14. The molecule has 0 spiro atoms. The van der Waals surface area contributed by atoms with Crippen LogP contribution in [0.5, 0.6) is 0 Å². The summed E-state index contributed by atoms with van der Waals surface area (Å²) in [6, 6.07) is 11.1. The molecular weight excluding hydrogens is 283 g/mol. The van der Waals surface area contributed by atoms with Crippen LogP contribution in [-0.4, -0.2) is 0 Å². The van der Waals surface area contributed by atoms with Gasteiger partial charge in [-0.15, -0.1) is 0 Å². The first-order valence-electron chi connectivity index (χ1n) is 6.09. The molecule has 85 valence electrons. The van der Waals surface area contributed by atoms with Crippen LogP contribution in [0.25, 0.3) is 0 Å². The smallest absolute Gasteiger partial charge is 1.00 e. The van der Waals surface area contributed by atoms with Crippen molar-refractivity contribution in [3.05, 3.63) is 73.3 Å². The molecule has 1 heteroatoms. The van der Waals surface area contributed by atoms with Gasteiger partial charge in [-0.1, -0.05) is 0 Å². The van der Waals surface area contributed by atoms with E-state index in [4.69, 9.17) is 0 Å². The molecule has 0 amide bonds. The third-order valence-corrected chi connectivity index (χ3v) is 10.5. The van der Waals surface area contributed by atoms with Gasteiger partial charge in [-0.2, -0.15) is 0 Å². The molecule has 0 unspecified atom stereocenters.